The van der Waals surface area contributed by atoms with Crippen molar-refractivity contribution in [2.45, 2.75) is 46.0 Å². The molecule has 1 rings (SSSR count). The van der Waals surface area contributed by atoms with Gasteiger partial charge in [-0.25, -0.2) is 4.79 Å². The fraction of sp³-hybridized carbons (Fsp3) is 0.769. The Morgan fingerprint density at radius 2 is 2.19 bits per heavy atom. The zero-order valence-corrected chi connectivity index (χ0v) is 10.5. The molecule has 0 radical (unpaired) electrons. The van der Waals surface area contributed by atoms with Gasteiger partial charge < -0.3 is 10.6 Å². The van der Waals surface area contributed by atoms with Gasteiger partial charge in [-0.15, -0.1) is 0 Å². The molecule has 3 heteroatoms. The quantitative estimate of drug-likeness (QED) is 0.693. The van der Waals surface area contributed by atoms with E-state index < -0.39 is 0 Å². The van der Waals surface area contributed by atoms with Crippen molar-refractivity contribution in [3.63, 3.8) is 0 Å². The molecule has 0 bridgehead atoms. The second-order valence-corrected chi connectivity index (χ2v) is 4.89. The molecule has 2 amide bonds. The Morgan fingerprint density at radius 3 is 2.81 bits per heavy atom. The monoisotopic (exact) mass is 224 g/mol. The number of carbonyl (C=O) groups excluding carboxylic acids is 1. The summed E-state index contributed by atoms with van der Waals surface area (Å²) >= 11 is 0. The Hall–Kier alpha value is -0.990. The largest absolute Gasteiger partial charge is 0.338 e. The molecule has 0 aliphatic heterocycles. The maximum Gasteiger partial charge on any atom is 0.314 e. The van der Waals surface area contributed by atoms with Gasteiger partial charge in [0.2, 0.25) is 0 Å². The summed E-state index contributed by atoms with van der Waals surface area (Å²) in [5.74, 6) is 0.506. The molecular formula is C13H24N2O. The predicted molar refractivity (Wildman–Crippen MR) is 67.4 cm³/mol. The van der Waals surface area contributed by atoms with E-state index >= 15 is 0 Å². The molecule has 0 aromatic carbocycles. The van der Waals surface area contributed by atoms with Crippen LogP contribution in [0.15, 0.2) is 11.6 Å². The Labute approximate surface area is 98.7 Å². The first kappa shape index (κ1) is 13.1. The molecule has 0 atom stereocenters. The fourth-order valence-electron chi connectivity index (χ4n) is 1.83. The number of hydrogen-bond acceptors (Lipinski definition) is 1. The minimum absolute atomic E-state index is 0.0369. The summed E-state index contributed by atoms with van der Waals surface area (Å²) in [5, 5.41) is 5.74. The molecule has 0 saturated carbocycles. The summed E-state index contributed by atoms with van der Waals surface area (Å²) in [5.41, 5.74) is 1.51. The van der Waals surface area contributed by atoms with E-state index in [1.165, 1.54) is 31.3 Å². The van der Waals surface area contributed by atoms with E-state index in [2.05, 4.69) is 30.6 Å². The highest BCUT2D eigenvalue weighted by Crippen LogP contribution is 2.19. The van der Waals surface area contributed by atoms with Gasteiger partial charge in [0.1, 0.15) is 0 Å². The lowest BCUT2D eigenvalue weighted by atomic mass is 9.97. The lowest BCUT2D eigenvalue weighted by Gasteiger charge is -2.13. The van der Waals surface area contributed by atoms with Crippen LogP contribution in [0.3, 0.4) is 0 Å². The molecule has 2 N–H and O–H groups in total. The lowest BCUT2D eigenvalue weighted by Crippen LogP contribution is -2.37. The average molecular weight is 224 g/mol. The highest BCUT2D eigenvalue weighted by atomic mass is 16.2. The number of nitrogens with one attached hydrogen (secondary N) is 2. The van der Waals surface area contributed by atoms with Gasteiger partial charge in [-0.1, -0.05) is 25.5 Å². The Morgan fingerprint density at radius 1 is 1.38 bits per heavy atom. The minimum Gasteiger partial charge on any atom is -0.338 e. The topological polar surface area (TPSA) is 41.1 Å². The van der Waals surface area contributed by atoms with Gasteiger partial charge in [-0.2, -0.15) is 0 Å². The molecule has 3 nitrogen and oxygen atoms in total. The highest BCUT2D eigenvalue weighted by Gasteiger charge is 2.04. The van der Waals surface area contributed by atoms with Gasteiger partial charge in [0.15, 0.2) is 0 Å². The summed E-state index contributed by atoms with van der Waals surface area (Å²) in [6, 6.07) is -0.0369. The normalized spacial score (nSPS) is 15.8. The van der Waals surface area contributed by atoms with E-state index in [1.54, 1.807) is 0 Å². The zero-order valence-electron chi connectivity index (χ0n) is 10.5. The summed E-state index contributed by atoms with van der Waals surface area (Å²) in [6.07, 6.45) is 8.41. The maximum absolute atomic E-state index is 11.3. The molecule has 0 aromatic heterocycles. The summed E-state index contributed by atoms with van der Waals surface area (Å²) in [7, 11) is 0. The van der Waals surface area contributed by atoms with Crippen molar-refractivity contribution < 1.29 is 4.79 Å². The number of hydrogen-bond donors (Lipinski definition) is 2. The number of allylic oxidation sites excluding steroid dienone is 1. The number of amides is 2. The van der Waals surface area contributed by atoms with E-state index in [4.69, 9.17) is 0 Å². The van der Waals surface area contributed by atoms with Crippen molar-refractivity contribution in [1.29, 1.82) is 0 Å². The third kappa shape index (κ3) is 5.79. The Bertz CT molecular complexity index is 246. The molecule has 0 heterocycles. The van der Waals surface area contributed by atoms with Crippen LogP contribution in [0.4, 0.5) is 4.79 Å². The number of carbonyl (C=O) groups is 1. The molecule has 92 valence electrons. The Balaban J connectivity index is 2.05. The van der Waals surface area contributed by atoms with Gasteiger partial charge in [0, 0.05) is 13.1 Å². The first-order valence-electron chi connectivity index (χ1n) is 6.38. The van der Waals surface area contributed by atoms with Gasteiger partial charge >= 0.3 is 6.03 Å². The van der Waals surface area contributed by atoms with Crippen LogP contribution < -0.4 is 10.6 Å². The second-order valence-electron chi connectivity index (χ2n) is 4.89. The molecule has 0 aromatic rings. The van der Waals surface area contributed by atoms with Crippen LogP contribution in [-0.2, 0) is 0 Å². The van der Waals surface area contributed by atoms with E-state index in [0.717, 1.165) is 19.5 Å². The lowest BCUT2D eigenvalue weighted by molar-refractivity contribution is 0.239. The smallest absolute Gasteiger partial charge is 0.314 e. The van der Waals surface area contributed by atoms with E-state index in [1.807, 2.05) is 0 Å². The molecule has 16 heavy (non-hydrogen) atoms. The van der Waals surface area contributed by atoms with Crippen LogP contribution in [0.5, 0.6) is 0 Å². The third-order valence-electron chi connectivity index (χ3n) is 2.79. The van der Waals surface area contributed by atoms with Crippen molar-refractivity contribution in [1.82, 2.24) is 10.6 Å². The summed E-state index contributed by atoms with van der Waals surface area (Å²) < 4.78 is 0. The summed E-state index contributed by atoms with van der Waals surface area (Å²) in [4.78, 5) is 11.3. The van der Waals surface area contributed by atoms with E-state index in [-0.39, 0.29) is 6.03 Å². The van der Waals surface area contributed by atoms with Crippen molar-refractivity contribution in [2.24, 2.45) is 5.92 Å². The molecule has 0 unspecified atom stereocenters. The summed E-state index contributed by atoms with van der Waals surface area (Å²) in [6.45, 7) is 5.69. The van der Waals surface area contributed by atoms with Gasteiger partial charge in [0.25, 0.3) is 0 Å². The zero-order chi connectivity index (χ0) is 11.8. The van der Waals surface area contributed by atoms with E-state index in [0.29, 0.717) is 5.92 Å². The number of rotatable bonds is 5. The highest BCUT2D eigenvalue weighted by molar-refractivity contribution is 5.73. The van der Waals surface area contributed by atoms with Crippen molar-refractivity contribution in [3.8, 4) is 0 Å². The van der Waals surface area contributed by atoms with Crippen LogP contribution in [0, 0.1) is 5.92 Å². The fourth-order valence-corrected chi connectivity index (χ4v) is 1.83. The van der Waals surface area contributed by atoms with Crippen LogP contribution in [0.2, 0.25) is 0 Å². The third-order valence-corrected chi connectivity index (χ3v) is 2.79. The molecule has 0 saturated heterocycles. The van der Waals surface area contributed by atoms with Crippen molar-refractivity contribution in [3.05, 3.63) is 11.6 Å². The first-order chi connectivity index (χ1) is 7.68. The molecular weight excluding hydrogens is 200 g/mol. The second kappa shape index (κ2) is 7.31. The standard InChI is InChI=1S/C13H24N2O/c1-11(2)10-15-13(16)14-9-8-12-6-4-3-5-7-12/h6,11H,3-5,7-10H2,1-2H3,(H2,14,15,16). The van der Waals surface area contributed by atoms with Crippen LogP contribution in [0.25, 0.3) is 0 Å². The molecule has 1 aliphatic carbocycles. The first-order valence-corrected chi connectivity index (χ1v) is 6.38. The van der Waals surface area contributed by atoms with Crippen LogP contribution in [-0.4, -0.2) is 19.1 Å². The number of urea groups is 1. The SMILES string of the molecule is CC(C)CNC(=O)NCCC1=CCCCC1. The van der Waals surface area contributed by atoms with Gasteiger partial charge in [0.05, 0.1) is 0 Å². The Kier molecular flexibility index (Phi) is 5.98. The molecule has 1 aliphatic rings. The minimum atomic E-state index is -0.0369. The average Bonchev–Trinajstić information content (AvgIpc) is 2.28. The van der Waals surface area contributed by atoms with Crippen molar-refractivity contribution >= 4 is 6.03 Å². The van der Waals surface area contributed by atoms with Crippen LogP contribution in [0.1, 0.15) is 46.0 Å². The predicted octanol–water partition coefficient (Wildman–Crippen LogP) is 2.83. The molecule has 0 fully saturated rings. The van der Waals surface area contributed by atoms with Crippen molar-refractivity contribution in [2.75, 3.05) is 13.1 Å². The van der Waals surface area contributed by atoms with Crippen LogP contribution >= 0.6 is 0 Å². The van der Waals surface area contributed by atoms with Gasteiger partial charge in [-0.3, -0.25) is 0 Å². The maximum atomic E-state index is 11.3. The van der Waals surface area contributed by atoms with E-state index in [9.17, 15) is 4.79 Å². The molecule has 0 spiro atoms. The van der Waals surface area contributed by atoms with Gasteiger partial charge in [-0.05, 0) is 38.0 Å².